The van der Waals surface area contributed by atoms with Crippen LogP contribution in [0.15, 0.2) is 48.9 Å². The first-order valence-corrected chi connectivity index (χ1v) is 10.2. The number of benzene rings is 2. The van der Waals surface area contributed by atoms with E-state index in [-0.39, 0.29) is 18.4 Å². The van der Waals surface area contributed by atoms with E-state index in [1.807, 2.05) is 0 Å². The third-order valence-electron chi connectivity index (χ3n) is 5.73. The second kappa shape index (κ2) is 7.80. The second-order valence-electron chi connectivity index (χ2n) is 7.91. The molecule has 0 aliphatic carbocycles. The van der Waals surface area contributed by atoms with Crippen LogP contribution in [0.25, 0.3) is 22.2 Å². The Balaban J connectivity index is 1.42. The quantitative estimate of drug-likeness (QED) is 0.506. The van der Waals surface area contributed by atoms with Gasteiger partial charge in [0.1, 0.15) is 35.2 Å². The molecule has 1 saturated heterocycles. The van der Waals surface area contributed by atoms with Gasteiger partial charge in [-0.15, -0.1) is 0 Å². The number of carbonyl (C=O) groups is 1. The van der Waals surface area contributed by atoms with E-state index in [0.717, 1.165) is 6.07 Å². The van der Waals surface area contributed by atoms with Crippen molar-refractivity contribution in [3.05, 3.63) is 71.9 Å². The first-order valence-electron chi connectivity index (χ1n) is 10.2. The molecule has 3 heterocycles. The molecule has 0 atom stereocenters. The molecule has 2 amide bonds. The van der Waals surface area contributed by atoms with Crippen molar-refractivity contribution in [3.63, 3.8) is 0 Å². The minimum absolute atomic E-state index is 0.0554. The lowest BCUT2D eigenvalue weighted by molar-refractivity contribution is 0.218. The lowest BCUT2D eigenvalue weighted by Gasteiger charge is -2.19. The zero-order valence-electron chi connectivity index (χ0n) is 17.6. The number of hydrogen-bond acceptors (Lipinski definition) is 4. The molecule has 7 nitrogen and oxygen atoms in total. The lowest BCUT2D eigenvalue weighted by atomic mass is 10.0. The number of halogens is 3. The van der Waals surface area contributed by atoms with Gasteiger partial charge in [-0.25, -0.2) is 27.9 Å². The van der Waals surface area contributed by atoms with E-state index in [1.165, 1.54) is 34.3 Å². The molecule has 0 saturated carbocycles. The topological polar surface area (TPSA) is 80.3 Å². The van der Waals surface area contributed by atoms with Gasteiger partial charge in [0.05, 0.1) is 5.39 Å². The van der Waals surface area contributed by atoms with E-state index < -0.39 is 17.5 Å². The molecule has 0 spiro atoms. The Labute approximate surface area is 186 Å². The molecule has 0 unspecified atom stereocenters. The molecule has 0 radical (unpaired) electrons. The highest BCUT2D eigenvalue weighted by Crippen LogP contribution is 2.35. The molecule has 2 N–H and O–H groups in total. The van der Waals surface area contributed by atoms with Gasteiger partial charge in [0.15, 0.2) is 0 Å². The van der Waals surface area contributed by atoms with Gasteiger partial charge < -0.3 is 15.2 Å². The van der Waals surface area contributed by atoms with Crippen LogP contribution in [0.1, 0.15) is 5.56 Å². The number of aromatic nitrogens is 3. The maximum atomic E-state index is 15.2. The van der Waals surface area contributed by atoms with Crippen LogP contribution in [0, 0.1) is 17.5 Å². The highest BCUT2D eigenvalue weighted by atomic mass is 19.1. The van der Waals surface area contributed by atoms with Gasteiger partial charge in [-0.2, -0.15) is 0 Å². The molecule has 1 fully saturated rings. The number of fused-ring (bicyclic) bond motifs is 1. The largest absolute Gasteiger partial charge is 0.383 e. The van der Waals surface area contributed by atoms with E-state index in [1.54, 1.807) is 29.9 Å². The predicted octanol–water partition coefficient (Wildman–Crippen LogP) is 4.08. The van der Waals surface area contributed by atoms with Crippen molar-refractivity contribution in [3.8, 4) is 11.1 Å². The zero-order valence-corrected chi connectivity index (χ0v) is 17.6. The van der Waals surface area contributed by atoms with E-state index in [4.69, 9.17) is 5.73 Å². The summed E-state index contributed by atoms with van der Waals surface area (Å²) in [6.45, 7) is 0.724. The molecule has 1 aliphatic heterocycles. The average Bonchev–Trinajstić information content (AvgIpc) is 3.28. The highest BCUT2D eigenvalue weighted by Gasteiger charge is 2.30. The molecule has 2 aromatic carbocycles. The van der Waals surface area contributed by atoms with Crippen LogP contribution < -0.4 is 10.6 Å². The van der Waals surface area contributed by atoms with Gasteiger partial charge in [0.25, 0.3) is 0 Å². The summed E-state index contributed by atoms with van der Waals surface area (Å²) in [5.41, 5.74) is 8.19. The fourth-order valence-electron chi connectivity index (χ4n) is 4.22. The molecular weight excluding hydrogens is 433 g/mol. The maximum absolute atomic E-state index is 15.2. The number of nitrogens with two attached hydrogens (primary N) is 1. The molecule has 168 valence electrons. The van der Waals surface area contributed by atoms with Crippen LogP contribution in [0.2, 0.25) is 0 Å². The van der Waals surface area contributed by atoms with Crippen molar-refractivity contribution in [1.29, 1.82) is 0 Å². The lowest BCUT2D eigenvalue weighted by Crippen LogP contribution is -2.31. The summed E-state index contributed by atoms with van der Waals surface area (Å²) in [5.74, 6) is -1.68. The van der Waals surface area contributed by atoms with Crippen LogP contribution >= 0.6 is 0 Å². The summed E-state index contributed by atoms with van der Waals surface area (Å²) < 4.78 is 43.9. The number of anilines is 2. The van der Waals surface area contributed by atoms with Crippen molar-refractivity contribution in [2.45, 2.75) is 6.54 Å². The van der Waals surface area contributed by atoms with Gasteiger partial charge >= 0.3 is 6.03 Å². The molecule has 2 aromatic heterocycles. The number of nitrogens with zero attached hydrogens (tertiary/aromatic N) is 5. The Kier molecular flexibility index (Phi) is 4.92. The fourth-order valence-corrected chi connectivity index (χ4v) is 4.22. The van der Waals surface area contributed by atoms with Crippen LogP contribution in [-0.2, 0) is 13.6 Å². The van der Waals surface area contributed by atoms with E-state index in [0.29, 0.717) is 46.5 Å². The normalized spacial score (nSPS) is 14.0. The Morgan fingerprint density at radius 2 is 1.76 bits per heavy atom. The Morgan fingerprint density at radius 3 is 2.48 bits per heavy atom. The summed E-state index contributed by atoms with van der Waals surface area (Å²) in [7, 11) is 1.78. The van der Waals surface area contributed by atoms with Gasteiger partial charge in [0.2, 0.25) is 0 Å². The average molecular weight is 452 g/mol. The SMILES string of the molecule is Cn1cc(-c2ccc(N3CCN(Cc4cc(F)cc(F)c4)C3=O)cc2F)c2c(N)ncnc21. The smallest absolute Gasteiger partial charge is 0.324 e. The summed E-state index contributed by atoms with van der Waals surface area (Å²) in [4.78, 5) is 24.0. The third-order valence-corrected chi connectivity index (χ3v) is 5.73. The number of amides is 2. The Bertz CT molecular complexity index is 1380. The molecule has 0 bridgehead atoms. The van der Waals surface area contributed by atoms with E-state index in [2.05, 4.69) is 9.97 Å². The fraction of sp³-hybridized carbons (Fsp3) is 0.174. The van der Waals surface area contributed by atoms with Gasteiger partial charge in [-0.05, 0) is 35.9 Å². The zero-order chi connectivity index (χ0) is 23.3. The molecule has 33 heavy (non-hydrogen) atoms. The summed E-state index contributed by atoms with van der Waals surface area (Å²) in [6, 6.07) is 7.32. The summed E-state index contributed by atoms with van der Waals surface area (Å²) in [6.07, 6.45) is 3.08. The van der Waals surface area contributed by atoms with Crippen molar-refractivity contribution < 1.29 is 18.0 Å². The van der Waals surface area contributed by atoms with Gasteiger partial charge in [-0.3, -0.25) is 4.90 Å². The Morgan fingerprint density at radius 1 is 1.00 bits per heavy atom. The standard InChI is InChI=1S/C23H19F3N6O/c1-30-11-18(20-21(27)28-12-29-22(20)30)17-3-2-16(9-19(17)26)32-5-4-31(23(32)33)10-13-6-14(24)8-15(25)7-13/h2-3,6-9,11-12H,4-5,10H2,1H3,(H2,27,28,29). The van der Waals surface area contributed by atoms with E-state index >= 15 is 4.39 Å². The highest BCUT2D eigenvalue weighted by molar-refractivity contribution is 6.01. The number of nitrogen functional groups attached to an aromatic ring is 1. The molecule has 10 heteroatoms. The minimum atomic E-state index is -0.703. The van der Waals surface area contributed by atoms with Crippen molar-refractivity contribution in [2.75, 3.05) is 23.7 Å². The number of aryl methyl sites for hydroxylation is 1. The number of hydrogen-bond donors (Lipinski definition) is 1. The second-order valence-corrected chi connectivity index (χ2v) is 7.91. The van der Waals surface area contributed by atoms with E-state index in [9.17, 15) is 13.6 Å². The number of carbonyl (C=O) groups excluding carboxylic acids is 1. The van der Waals surface area contributed by atoms with Crippen LogP contribution in [0.3, 0.4) is 0 Å². The third kappa shape index (κ3) is 3.63. The molecule has 1 aliphatic rings. The van der Waals surface area contributed by atoms with Gasteiger partial charge in [-0.1, -0.05) is 0 Å². The molecule has 5 rings (SSSR count). The van der Waals surface area contributed by atoms with Gasteiger partial charge in [0, 0.05) is 55.8 Å². The number of rotatable bonds is 4. The maximum Gasteiger partial charge on any atom is 0.324 e. The van der Waals surface area contributed by atoms with Crippen LogP contribution in [-0.4, -0.2) is 38.6 Å². The number of urea groups is 1. The Hall–Kier alpha value is -4.08. The van der Waals surface area contributed by atoms with Crippen LogP contribution in [0.5, 0.6) is 0 Å². The first kappa shape index (κ1) is 20.8. The summed E-state index contributed by atoms with van der Waals surface area (Å²) >= 11 is 0. The molecule has 4 aromatic rings. The van der Waals surface area contributed by atoms with Crippen molar-refractivity contribution in [2.24, 2.45) is 7.05 Å². The monoisotopic (exact) mass is 452 g/mol. The minimum Gasteiger partial charge on any atom is -0.383 e. The van der Waals surface area contributed by atoms with Crippen molar-refractivity contribution >= 4 is 28.6 Å². The molecular formula is C23H19F3N6O. The van der Waals surface area contributed by atoms with Crippen molar-refractivity contribution in [1.82, 2.24) is 19.4 Å². The summed E-state index contributed by atoms with van der Waals surface area (Å²) in [5, 5.41) is 0.553. The first-order chi connectivity index (χ1) is 15.8. The predicted molar refractivity (Wildman–Crippen MR) is 118 cm³/mol. The van der Waals surface area contributed by atoms with Crippen LogP contribution in [0.4, 0.5) is 29.5 Å².